The Morgan fingerprint density at radius 2 is 2.19 bits per heavy atom. The number of halogens is 2. The fraction of sp³-hybridized carbons (Fsp3) is 0.364. The Balaban J connectivity index is 2.74. The topological polar surface area (TPSA) is 49.3 Å². The van der Waals surface area contributed by atoms with E-state index in [0.717, 1.165) is 0 Å². The first kappa shape index (κ1) is 13.4. The van der Waals surface area contributed by atoms with Crippen LogP contribution in [0.25, 0.3) is 0 Å². The minimum Gasteiger partial charge on any atom is -0.389 e. The van der Waals surface area contributed by atoms with Gasteiger partial charge in [0.25, 0.3) is 5.91 Å². The Bertz CT molecular complexity index is 401. The van der Waals surface area contributed by atoms with Gasteiger partial charge in [0.15, 0.2) is 0 Å². The molecule has 1 rings (SSSR count). The quantitative estimate of drug-likeness (QED) is 0.828. The van der Waals surface area contributed by atoms with Crippen molar-refractivity contribution >= 4 is 28.5 Å². The monoisotopic (exact) mass is 337 g/mol. The van der Waals surface area contributed by atoms with Crippen molar-refractivity contribution in [2.75, 3.05) is 6.54 Å². The predicted octanol–water partition coefficient (Wildman–Crippen LogP) is 1.93. The Morgan fingerprint density at radius 3 is 2.69 bits per heavy atom. The number of rotatable bonds is 3. The minimum absolute atomic E-state index is 0.152. The van der Waals surface area contributed by atoms with Gasteiger partial charge in [-0.25, -0.2) is 4.39 Å². The van der Waals surface area contributed by atoms with Crippen LogP contribution in [-0.2, 0) is 0 Å². The number of hydrogen-bond acceptors (Lipinski definition) is 2. The lowest BCUT2D eigenvalue weighted by molar-refractivity contribution is 0.0694. The highest BCUT2D eigenvalue weighted by molar-refractivity contribution is 14.1. The van der Waals surface area contributed by atoms with Gasteiger partial charge in [0, 0.05) is 10.1 Å². The second kappa shape index (κ2) is 5.09. The van der Waals surface area contributed by atoms with Gasteiger partial charge in [-0.15, -0.1) is 0 Å². The van der Waals surface area contributed by atoms with Crippen LogP contribution in [0.2, 0.25) is 0 Å². The van der Waals surface area contributed by atoms with Crippen LogP contribution in [0, 0.1) is 9.39 Å². The molecule has 0 saturated carbocycles. The zero-order valence-corrected chi connectivity index (χ0v) is 11.2. The molecule has 0 radical (unpaired) electrons. The van der Waals surface area contributed by atoms with Gasteiger partial charge in [-0.2, -0.15) is 0 Å². The molecular formula is C11H13FINO2. The molecule has 1 amide bonds. The second-order valence-electron chi connectivity index (χ2n) is 4.12. The number of aliphatic hydroxyl groups is 1. The van der Waals surface area contributed by atoms with E-state index < -0.39 is 5.60 Å². The standard InChI is InChI=1S/C11H13FINO2/c1-11(2,16)6-14-10(15)8-4-3-7(12)5-9(8)13/h3-5,16H,6H2,1-2H3,(H,14,15). The van der Waals surface area contributed by atoms with Gasteiger partial charge in [-0.3, -0.25) is 4.79 Å². The summed E-state index contributed by atoms with van der Waals surface area (Å²) in [6, 6.07) is 3.96. The van der Waals surface area contributed by atoms with Gasteiger partial charge >= 0.3 is 0 Å². The zero-order valence-electron chi connectivity index (χ0n) is 9.05. The minimum atomic E-state index is -0.957. The number of benzene rings is 1. The van der Waals surface area contributed by atoms with Gasteiger partial charge in [-0.1, -0.05) is 0 Å². The van der Waals surface area contributed by atoms with E-state index in [1.54, 1.807) is 13.8 Å². The largest absolute Gasteiger partial charge is 0.389 e. The maximum atomic E-state index is 12.8. The van der Waals surface area contributed by atoms with Crippen molar-refractivity contribution in [1.29, 1.82) is 0 Å². The molecule has 0 fully saturated rings. The van der Waals surface area contributed by atoms with Crippen LogP contribution in [0.1, 0.15) is 24.2 Å². The highest BCUT2D eigenvalue weighted by Crippen LogP contribution is 2.14. The third-order valence-corrected chi connectivity index (χ3v) is 2.75. The van der Waals surface area contributed by atoms with Crippen molar-refractivity contribution in [2.24, 2.45) is 0 Å². The Kier molecular flexibility index (Phi) is 4.26. The van der Waals surface area contributed by atoms with E-state index in [4.69, 9.17) is 0 Å². The van der Waals surface area contributed by atoms with E-state index in [1.807, 2.05) is 22.6 Å². The molecule has 0 spiro atoms. The predicted molar refractivity (Wildman–Crippen MR) is 67.7 cm³/mol. The van der Waals surface area contributed by atoms with E-state index >= 15 is 0 Å². The zero-order chi connectivity index (χ0) is 12.3. The molecule has 0 bridgehead atoms. The summed E-state index contributed by atoms with van der Waals surface area (Å²) < 4.78 is 13.4. The van der Waals surface area contributed by atoms with Crippen LogP contribution in [0.4, 0.5) is 4.39 Å². The van der Waals surface area contributed by atoms with E-state index in [9.17, 15) is 14.3 Å². The normalized spacial score (nSPS) is 11.3. The molecule has 0 atom stereocenters. The molecule has 5 heteroatoms. The molecule has 2 N–H and O–H groups in total. The summed E-state index contributed by atoms with van der Waals surface area (Å²) in [6.07, 6.45) is 0. The first-order valence-electron chi connectivity index (χ1n) is 4.75. The Morgan fingerprint density at radius 1 is 1.56 bits per heavy atom. The Hall–Kier alpha value is -0.690. The third kappa shape index (κ3) is 4.05. The van der Waals surface area contributed by atoms with Crippen molar-refractivity contribution in [3.63, 3.8) is 0 Å². The summed E-state index contributed by atoms with van der Waals surface area (Å²) in [5.74, 6) is -0.685. The molecule has 0 unspecified atom stereocenters. The van der Waals surface area contributed by atoms with E-state index in [0.29, 0.717) is 9.13 Å². The number of carbonyl (C=O) groups is 1. The molecule has 0 saturated heterocycles. The van der Waals surface area contributed by atoms with Crippen molar-refractivity contribution < 1.29 is 14.3 Å². The van der Waals surface area contributed by atoms with Crippen molar-refractivity contribution in [1.82, 2.24) is 5.32 Å². The lowest BCUT2D eigenvalue weighted by Gasteiger charge is -2.17. The molecule has 1 aromatic carbocycles. The third-order valence-electron chi connectivity index (χ3n) is 1.86. The van der Waals surface area contributed by atoms with E-state index in [2.05, 4.69) is 5.32 Å². The SMILES string of the molecule is CC(C)(O)CNC(=O)c1ccc(F)cc1I. The summed E-state index contributed by atoms with van der Waals surface area (Å²) >= 11 is 1.90. The molecule has 88 valence electrons. The van der Waals surface area contributed by atoms with Crippen LogP contribution in [0.15, 0.2) is 18.2 Å². The van der Waals surface area contributed by atoms with Crippen LogP contribution in [-0.4, -0.2) is 23.2 Å². The summed E-state index contributed by atoms with van der Waals surface area (Å²) in [6.45, 7) is 3.35. The first-order chi connectivity index (χ1) is 7.29. The number of amides is 1. The molecular weight excluding hydrogens is 324 g/mol. The van der Waals surface area contributed by atoms with Crippen LogP contribution < -0.4 is 5.32 Å². The van der Waals surface area contributed by atoms with Crippen molar-refractivity contribution in [2.45, 2.75) is 19.4 Å². The molecule has 1 aromatic rings. The second-order valence-corrected chi connectivity index (χ2v) is 5.28. The number of nitrogens with one attached hydrogen (secondary N) is 1. The highest BCUT2D eigenvalue weighted by Gasteiger charge is 2.16. The van der Waals surface area contributed by atoms with E-state index in [-0.39, 0.29) is 18.3 Å². The summed E-state index contributed by atoms with van der Waals surface area (Å²) in [5, 5.41) is 12.0. The molecule has 16 heavy (non-hydrogen) atoms. The molecule has 0 heterocycles. The maximum Gasteiger partial charge on any atom is 0.252 e. The highest BCUT2D eigenvalue weighted by atomic mass is 127. The smallest absolute Gasteiger partial charge is 0.252 e. The summed E-state index contributed by atoms with van der Waals surface area (Å²) in [4.78, 5) is 11.7. The summed E-state index contributed by atoms with van der Waals surface area (Å²) in [5.41, 5.74) is -0.549. The van der Waals surface area contributed by atoms with Crippen LogP contribution >= 0.6 is 22.6 Å². The van der Waals surface area contributed by atoms with Gasteiger partial charge in [0.2, 0.25) is 0 Å². The van der Waals surface area contributed by atoms with Crippen LogP contribution in [0.5, 0.6) is 0 Å². The van der Waals surface area contributed by atoms with Crippen molar-refractivity contribution in [3.8, 4) is 0 Å². The van der Waals surface area contributed by atoms with Gasteiger partial charge < -0.3 is 10.4 Å². The summed E-state index contributed by atoms with van der Waals surface area (Å²) in [7, 11) is 0. The average molecular weight is 337 g/mol. The van der Waals surface area contributed by atoms with Gasteiger partial charge in [0.1, 0.15) is 5.82 Å². The van der Waals surface area contributed by atoms with Gasteiger partial charge in [-0.05, 0) is 54.6 Å². The lowest BCUT2D eigenvalue weighted by Crippen LogP contribution is -2.38. The molecule has 0 aliphatic carbocycles. The fourth-order valence-corrected chi connectivity index (χ4v) is 1.79. The van der Waals surface area contributed by atoms with E-state index in [1.165, 1.54) is 18.2 Å². The molecule has 0 aliphatic heterocycles. The number of carbonyl (C=O) groups excluding carboxylic acids is 1. The molecule has 0 aliphatic rings. The van der Waals surface area contributed by atoms with Gasteiger partial charge in [0.05, 0.1) is 11.2 Å². The van der Waals surface area contributed by atoms with Crippen LogP contribution in [0.3, 0.4) is 0 Å². The molecule has 0 aromatic heterocycles. The average Bonchev–Trinajstić information content (AvgIpc) is 2.13. The first-order valence-corrected chi connectivity index (χ1v) is 5.83. The lowest BCUT2D eigenvalue weighted by atomic mass is 10.1. The molecule has 3 nitrogen and oxygen atoms in total. The van der Waals surface area contributed by atoms with Crippen molar-refractivity contribution in [3.05, 3.63) is 33.1 Å². The Labute approximate surface area is 107 Å². The fourth-order valence-electron chi connectivity index (χ4n) is 1.07. The number of hydrogen-bond donors (Lipinski definition) is 2. The maximum absolute atomic E-state index is 12.8.